The van der Waals surface area contributed by atoms with Gasteiger partial charge < -0.3 is 20.5 Å². The van der Waals surface area contributed by atoms with Crippen LogP contribution in [0, 0.1) is 0 Å². The monoisotopic (exact) mass is 575 g/mol. The maximum absolute atomic E-state index is 11.9. The van der Waals surface area contributed by atoms with Crippen molar-refractivity contribution in [2.75, 3.05) is 33.2 Å². The Morgan fingerprint density at radius 1 is 1.31 bits per heavy atom. The Kier molecular flexibility index (Phi) is 11.2. The predicted molar refractivity (Wildman–Crippen MR) is 136 cm³/mol. The van der Waals surface area contributed by atoms with E-state index in [1.807, 2.05) is 12.1 Å². The molecule has 11 heteroatoms. The van der Waals surface area contributed by atoms with Crippen molar-refractivity contribution in [2.45, 2.75) is 38.8 Å². The zero-order valence-corrected chi connectivity index (χ0v) is 21.5. The van der Waals surface area contributed by atoms with Crippen LogP contribution in [0.1, 0.15) is 32.1 Å². The van der Waals surface area contributed by atoms with E-state index in [2.05, 4.69) is 42.9 Å². The van der Waals surface area contributed by atoms with Crippen LogP contribution in [0.15, 0.2) is 33.8 Å². The minimum absolute atomic E-state index is 0. The Balaban J connectivity index is 0.00000363. The number of benzene rings is 1. The van der Waals surface area contributed by atoms with Gasteiger partial charge in [-0.1, -0.05) is 35.8 Å². The normalized spacial score (nSPS) is 15.2. The summed E-state index contributed by atoms with van der Waals surface area (Å²) in [6.45, 7) is 5.37. The third kappa shape index (κ3) is 8.21. The van der Waals surface area contributed by atoms with E-state index in [-0.39, 0.29) is 29.9 Å². The first-order valence-corrected chi connectivity index (χ1v) is 11.0. The molecule has 1 aliphatic rings. The smallest absolute Gasteiger partial charge is 0.246 e. The zero-order valence-electron chi connectivity index (χ0n) is 18.4. The minimum atomic E-state index is 0. The maximum atomic E-state index is 11.9. The fourth-order valence-corrected chi connectivity index (χ4v) is 3.57. The number of piperidine rings is 1. The lowest BCUT2D eigenvalue weighted by Gasteiger charge is -2.32. The van der Waals surface area contributed by atoms with E-state index in [9.17, 15) is 4.79 Å². The number of amides is 1. The van der Waals surface area contributed by atoms with Crippen molar-refractivity contribution in [3.05, 3.63) is 35.2 Å². The Morgan fingerprint density at radius 2 is 2.09 bits per heavy atom. The molecule has 176 valence electrons. The third-order valence-electron chi connectivity index (χ3n) is 5.05. The quantitative estimate of drug-likeness (QED) is 0.252. The van der Waals surface area contributed by atoms with Crippen molar-refractivity contribution in [3.8, 4) is 11.4 Å². The number of hydrogen-bond acceptors (Lipinski definition) is 6. The lowest BCUT2D eigenvalue weighted by Crippen LogP contribution is -2.50. The summed E-state index contributed by atoms with van der Waals surface area (Å²) in [5.74, 6) is 1.74. The first-order chi connectivity index (χ1) is 15.1. The molecule has 0 aliphatic carbocycles. The molecule has 0 unspecified atom stereocenters. The largest absolute Gasteiger partial charge is 0.355 e. The highest BCUT2D eigenvalue weighted by Crippen LogP contribution is 2.19. The molecule has 9 nitrogen and oxygen atoms in total. The third-order valence-corrected chi connectivity index (χ3v) is 5.28. The van der Waals surface area contributed by atoms with Gasteiger partial charge in [0.15, 0.2) is 5.96 Å². The van der Waals surface area contributed by atoms with E-state index in [1.54, 1.807) is 19.2 Å². The molecular formula is C21H31ClIN7O2. The van der Waals surface area contributed by atoms with E-state index >= 15 is 0 Å². The number of carbonyl (C=O) groups is 1. The number of likely N-dealkylation sites (tertiary alicyclic amines) is 1. The first kappa shape index (κ1) is 26.3. The van der Waals surface area contributed by atoms with Gasteiger partial charge in [0.25, 0.3) is 0 Å². The molecule has 1 fully saturated rings. The van der Waals surface area contributed by atoms with Crippen LogP contribution in [0.5, 0.6) is 0 Å². The summed E-state index contributed by atoms with van der Waals surface area (Å²) in [7, 11) is 1.73. The number of halogens is 2. The van der Waals surface area contributed by atoms with Crippen LogP contribution in [0.3, 0.4) is 0 Å². The molecule has 0 atom stereocenters. The van der Waals surface area contributed by atoms with Gasteiger partial charge in [0.2, 0.25) is 17.6 Å². The van der Waals surface area contributed by atoms with Crippen LogP contribution in [0.4, 0.5) is 0 Å². The van der Waals surface area contributed by atoms with E-state index in [0.29, 0.717) is 41.8 Å². The minimum Gasteiger partial charge on any atom is -0.355 e. The van der Waals surface area contributed by atoms with Crippen LogP contribution >= 0.6 is 35.6 Å². The number of guanidine groups is 1. The van der Waals surface area contributed by atoms with Gasteiger partial charge in [0, 0.05) is 43.3 Å². The topological polar surface area (TPSA) is 108 Å². The number of rotatable bonds is 8. The Morgan fingerprint density at radius 3 is 2.78 bits per heavy atom. The molecule has 0 radical (unpaired) electrons. The molecule has 3 N–H and O–H groups in total. The molecule has 1 aromatic heterocycles. The average molecular weight is 576 g/mol. The summed E-state index contributed by atoms with van der Waals surface area (Å²) in [4.78, 5) is 22.8. The van der Waals surface area contributed by atoms with Gasteiger partial charge in [0.1, 0.15) is 0 Å². The van der Waals surface area contributed by atoms with Crippen molar-refractivity contribution < 1.29 is 9.32 Å². The van der Waals surface area contributed by atoms with E-state index in [1.165, 1.54) is 0 Å². The summed E-state index contributed by atoms with van der Waals surface area (Å²) in [5, 5.41) is 14.2. The SMILES string of the molecule is CCCNC(=O)CN1CCC(NC(=NC)NCc2nc(-c3cccc(Cl)c3)no2)CC1.I. The second kappa shape index (κ2) is 13.6. The highest BCUT2D eigenvalue weighted by molar-refractivity contribution is 14.0. The molecule has 32 heavy (non-hydrogen) atoms. The average Bonchev–Trinajstić information content (AvgIpc) is 3.25. The lowest BCUT2D eigenvalue weighted by atomic mass is 10.1. The molecule has 0 spiro atoms. The number of nitrogens with one attached hydrogen (secondary N) is 3. The van der Waals surface area contributed by atoms with Gasteiger partial charge in [-0.3, -0.25) is 14.7 Å². The molecule has 1 amide bonds. The van der Waals surface area contributed by atoms with Gasteiger partial charge >= 0.3 is 0 Å². The van der Waals surface area contributed by atoms with Gasteiger partial charge in [-0.25, -0.2) is 0 Å². The van der Waals surface area contributed by atoms with Crippen molar-refractivity contribution >= 4 is 47.4 Å². The number of aromatic nitrogens is 2. The van der Waals surface area contributed by atoms with E-state index < -0.39 is 0 Å². The predicted octanol–water partition coefficient (Wildman–Crippen LogP) is 2.66. The summed E-state index contributed by atoms with van der Waals surface area (Å²) in [5.41, 5.74) is 0.806. The summed E-state index contributed by atoms with van der Waals surface area (Å²) < 4.78 is 5.33. The van der Waals surface area contributed by atoms with Crippen molar-refractivity contribution in [2.24, 2.45) is 4.99 Å². The molecule has 1 aromatic carbocycles. The maximum Gasteiger partial charge on any atom is 0.246 e. The number of hydrogen-bond donors (Lipinski definition) is 3. The molecule has 1 saturated heterocycles. The molecule has 0 saturated carbocycles. The molecular weight excluding hydrogens is 545 g/mol. The lowest BCUT2D eigenvalue weighted by molar-refractivity contribution is -0.122. The van der Waals surface area contributed by atoms with E-state index in [0.717, 1.165) is 44.5 Å². The van der Waals surface area contributed by atoms with Crippen LogP contribution in [0.25, 0.3) is 11.4 Å². The summed E-state index contributed by atoms with van der Waals surface area (Å²) >= 11 is 6.02. The second-order valence-corrected chi connectivity index (χ2v) is 7.93. The second-order valence-electron chi connectivity index (χ2n) is 7.49. The molecule has 2 heterocycles. The van der Waals surface area contributed by atoms with Crippen molar-refractivity contribution in [1.82, 2.24) is 31.0 Å². The summed E-state index contributed by atoms with van der Waals surface area (Å²) in [6.07, 6.45) is 2.85. The summed E-state index contributed by atoms with van der Waals surface area (Å²) in [6, 6.07) is 7.62. The molecule has 3 rings (SSSR count). The fraction of sp³-hybridized carbons (Fsp3) is 0.524. The van der Waals surface area contributed by atoms with Gasteiger partial charge in [-0.05, 0) is 31.4 Å². The molecule has 1 aliphatic heterocycles. The molecule has 2 aromatic rings. The fourth-order valence-electron chi connectivity index (χ4n) is 3.38. The van der Waals surface area contributed by atoms with Crippen LogP contribution in [0.2, 0.25) is 5.02 Å². The highest BCUT2D eigenvalue weighted by atomic mass is 127. The zero-order chi connectivity index (χ0) is 22.1. The van der Waals surface area contributed by atoms with Gasteiger partial charge in [0.05, 0.1) is 13.1 Å². The van der Waals surface area contributed by atoms with Crippen LogP contribution < -0.4 is 16.0 Å². The molecule has 0 bridgehead atoms. The van der Waals surface area contributed by atoms with E-state index in [4.69, 9.17) is 16.1 Å². The number of carbonyl (C=O) groups excluding carboxylic acids is 1. The van der Waals surface area contributed by atoms with Gasteiger partial charge in [-0.15, -0.1) is 24.0 Å². The van der Waals surface area contributed by atoms with Crippen molar-refractivity contribution in [1.29, 1.82) is 0 Å². The number of nitrogens with zero attached hydrogens (tertiary/aromatic N) is 4. The van der Waals surface area contributed by atoms with Crippen LogP contribution in [-0.2, 0) is 11.3 Å². The highest BCUT2D eigenvalue weighted by Gasteiger charge is 2.21. The Labute approximate surface area is 210 Å². The van der Waals surface area contributed by atoms with Crippen LogP contribution in [-0.4, -0.2) is 66.2 Å². The van der Waals surface area contributed by atoms with Crippen molar-refractivity contribution in [3.63, 3.8) is 0 Å². The van der Waals surface area contributed by atoms with Gasteiger partial charge in [-0.2, -0.15) is 4.98 Å². The standard InChI is InChI=1S/C21H30ClN7O2.HI/c1-3-9-24-18(30)14-29-10-7-17(8-11-29)26-21(23-2)25-13-19-27-20(28-31-19)15-5-4-6-16(22)12-15;/h4-6,12,17H,3,7-11,13-14H2,1-2H3,(H,24,30)(H2,23,25,26);1H. The Bertz CT molecular complexity index is 885. The number of aliphatic imine (C=N–C) groups is 1. The Hall–Kier alpha value is -1.92. The first-order valence-electron chi connectivity index (χ1n) is 10.6.